The molecule has 7 nitrogen and oxygen atoms in total. The van der Waals surface area contributed by atoms with Crippen LogP contribution in [0.3, 0.4) is 0 Å². The number of carbonyl (C=O) groups excluding carboxylic acids is 2. The molecule has 32 heavy (non-hydrogen) atoms. The molecule has 5 rings (SSSR count). The molecule has 1 aromatic carbocycles. The number of piperidine rings is 1. The van der Waals surface area contributed by atoms with Gasteiger partial charge in [0.2, 0.25) is 5.91 Å². The lowest BCUT2D eigenvalue weighted by Gasteiger charge is -2.34. The van der Waals surface area contributed by atoms with Gasteiger partial charge in [0, 0.05) is 37.7 Å². The minimum absolute atomic E-state index is 0.0738. The largest absolute Gasteiger partial charge is 0.414 e. The molecule has 0 bridgehead atoms. The van der Waals surface area contributed by atoms with Crippen molar-refractivity contribution in [3.05, 3.63) is 35.6 Å². The number of β-lactam (4-membered cyclic amide) rings is 1. The number of hydrogen-bond acceptors (Lipinski definition) is 5. The third kappa shape index (κ3) is 4.06. The van der Waals surface area contributed by atoms with Gasteiger partial charge < -0.3 is 15.1 Å². The Labute approximate surface area is 189 Å². The maximum atomic E-state index is 12.7. The number of aryl methyl sites for hydroxylation is 1. The second-order valence-electron chi connectivity index (χ2n) is 9.49. The Morgan fingerprint density at radius 3 is 2.56 bits per heavy atom. The monoisotopic (exact) mass is 436 g/mol. The summed E-state index contributed by atoms with van der Waals surface area (Å²) >= 11 is 0. The molecule has 3 aliphatic heterocycles. The SMILES string of the molecule is Cc1cc(N2CCC2=O)ccc1/C=C/ON1CCC2(CC1)N=C(C1CCCCC1)NC2=O. The van der Waals surface area contributed by atoms with Gasteiger partial charge in [0.25, 0.3) is 5.91 Å². The van der Waals surface area contributed by atoms with Crippen molar-refractivity contribution in [3.63, 3.8) is 0 Å². The number of hydrogen-bond donors (Lipinski definition) is 1. The Morgan fingerprint density at radius 2 is 1.91 bits per heavy atom. The van der Waals surface area contributed by atoms with Crippen LogP contribution in [0.2, 0.25) is 0 Å². The fraction of sp³-hybridized carbons (Fsp3) is 0.560. The van der Waals surface area contributed by atoms with Crippen molar-refractivity contribution in [2.24, 2.45) is 10.9 Å². The minimum atomic E-state index is -0.600. The molecule has 1 aliphatic carbocycles. The molecule has 0 unspecified atom stereocenters. The number of anilines is 1. The van der Waals surface area contributed by atoms with E-state index < -0.39 is 5.54 Å². The molecule has 0 aromatic heterocycles. The molecule has 2 saturated heterocycles. The first-order valence-corrected chi connectivity index (χ1v) is 11.9. The molecule has 0 radical (unpaired) electrons. The molecule has 1 aromatic rings. The van der Waals surface area contributed by atoms with Crippen molar-refractivity contribution in [1.82, 2.24) is 10.4 Å². The van der Waals surface area contributed by atoms with E-state index >= 15 is 0 Å². The Hall–Kier alpha value is -2.67. The Morgan fingerprint density at radius 1 is 1.12 bits per heavy atom. The number of benzene rings is 1. The molecule has 0 atom stereocenters. The van der Waals surface area contributed by atoms with Gasteiger partial charge in [0.05, 0.1) is 0 Å². The Kier molecular flexibility index (Phi) is 5.76. The fourth-order valence-electron chi connectivity index (χ4n) is 5.20. The number of nitrogens with zero attached hydrogens (tertiary/aromatic N) is 3. The zero-order chi connectivity index (χ0) is 22.1. The molecule has 3 heterocycles. The number of rotatable bonds is 5. The lowest BCUT2D eigenvalue weighted by atomic mass is 9.88. The van der Waals surface area contributed by atoms with Crippen LogP contribution < -0.4 is 10.2 Å². The smallest absolute Gasteiger partial charge is 0.253 e. The molecule has 1 saturated carbocycles. The summed E-state index contributed by atoms with van der Waals surface area (Å²) in [6.45, 7) is 4.19. The molecule has 4 aliphatic rings. The van der Waals surface area contributed by atoms with Crippen molar-refractivity contribution in [2.75, 3.05) is 24.5 Å². The molecule has 170 valence electrons. The normalized spacial score (nSPS) is 24.0. The Balaban J connectivity index is 1.15. The van der Waals surface area contributed by atoms with Gasteiger partial charge in [-0.25, -0.2) is 0 Å². The molecule has 2 amide bonds. The maximum absolute atomic E-state index is 12.7. The highest BCUT2D eigenvalue weighted by Crippen LogP contribution is 2.34. The highest BCUT2D eigenvalue weighted by Gasteiger charge is 2.47. The highest BCUT2D eigenvalue weighted by atomic mass is 16.7. The zero-order valence-corrected chi connectivity index (χ0v) is 18.8. The summed E-state index contributed by atoms with van der Waals surface area (Å²) in [6, 6.07) is 6.04. The van der Waals surface area contributed by atoms with E-state index in [0.29, 0.717) is 38.3 Å². The number of amidine groups is 1. The van der Waals surface area contributed by atoms with E-state index in [9.17, 15) is 9.59 Å². The van der Waals surface area contributed by atoms with Crippen LogP contribution in [0.4, 0.5) is 5.69 Å². The van der Waals surface area contributed by atoms with E-state index in [2.05, 4.69) is 5.32 Å². The van der Waals surface area contributed by atoms with Gasteiger partial charge in [-0.05, 0) is 61.9 Å². The first-order chi connectivity index (χ1) is 15.5. The predicted molar refractivity (Wildman–Crippen MR) is 124 cm³/mol. The van der Waals surface area contributed by atoms with Crippen molar-refractivity contribution in [1.29, 1.82) is 0 Å². The predicted octanol–water partition coefficient (Wildman–Crippen LogP) is 3.58. The molecule has 1 spiro atoms. The highest BCUT2D eigenvalue weighted by molar-refractivity contribution is 6.09. The zero-order valence-electron chi connectivity index (χ0n) is 18.8. The molecule has 1 N–H and O–H groups in total. The van der Waals surface area contributed by atoms with E-state index in [-0.39, 0.29) is 11.8 Å². The lowest BCUT2D eigenvalue weighted by Crippen LogP contribution is -2.48. The van der Waals surface area contributed by atoms with Gasteiger partial charge in [-0.1, -0.05) is 25.3 Å². The molecular weight excluding hydrogens is 404 g/mol. The molecule has 3 fully saturated rings. The summed E-state index contributed by atoms with van der Waals surface area (Å²) in [4.78, 5) is 37.0. The van der Waals surface area contributed by atoms with Crippen LogP contribution in [0.15, 0.2) is 29.5 Å². The van der Waals surface area contributed by atoms with Crippen LogP contribution in [0.5, 0.6) is 0 Å². The van der Waals surface area contributed by atoms with Crippen LogP contribution in [0.25, 0.3) is 6.08 Å². The topological polar surface area (TPSA) is 74.2 Å². The van der Waals surface area contributed by atoms with Crippen LogP contribution in [-0.4, -0.2) is 47.9 Å². The van der Waals surface area contributed by atoms with E-state index in [1.54, 1.807) is 6.26 Å². The van der Waals surface area contributed by atoms with Crippen LogP contribution in [0, 0.1) is 12.8 Å². The maximum Gasteiger partial charge on any atom is 0.253 e. The fourth-order valence-corrected chi connectivity index (χ4v) is 5.20. The molecule has 7 heteroatoms. The van der Waals surface area contributed by atoms with E-state index in [0.717, 1.165) is 42.0 Å². The number of carbonyl (C=O) groups is 2. The summed E-state index contributed by atoms with van der Waals surface area (Å²) in [5, 5.41) is 5.01. The van der Waals surface area contributed by atoms with Gasteiger partial charge in [0.15, 0.2) is 0 Å². The summed E-state index contributed by atoms with van der Waals surface area (Å²) in [7, 11) is 0. The number of hydroxylamine groups is 2. The van der Waals surface area contributed by atoms with Crippen LogP contribution in [0.1, 0.15) is 62.5 Å². The Bertz CT molecular complexity index is 956. The first-order valence-electron chi connectivity index (χ1n) is 11.9. The van der Waals surface area contributed by atoms with Crippen molar-refractivity contribution in [2.45, 2.75) is 63.8 Å². The van der Waals surface area contributed by atoms with Crippen molar-refractivity contribution >= 4 is 29.4 Å². The van der Waals surface area contributed by atoms with Gasteiger partial charge in [-0.3, -0.25) is 14.6 Å². The van der Waals surface area contributed by atoms with Gasteiger partial charge in [-0.2, -0.15) is 0 Å². The third-order valence-electron chi connectivity index (χ3n) is 7.41. The van der Waals surface area contributed by atoms with Crippen molar-refractivity contribution in [3.8, 4) is 0 Å². The van der Waals surface area contributed by atoms with E-state index in [1.807, 2.05) is 41.2 Å². The third-order valence-corrected chi connectivity index (χ3v) is 7.41. The number of nitrogens with one attached hydrogen (secondary N) is 1. The van der Waals surface area contributed by atoms with Crippen molar-refractivity contribution < 1.29 is 14.4 Å². The summed E-state index contributed by atoms with van der Waals surface area (Å²) in [5.74, 6) is 1.62. The van der Waals surface area contributed by atoms with Gasteiger partial charge >= 0.3 is 0 Å². The average Bonchev–Trinajstić information content (AvgIpc) is 3.12. The quantitative estimate of drug-likeness (QED) is 0.566. The summed E-state index contributed by atoms with van der Waals surface area (Å²) < 4.78 is 0. The number of amides is 2. The first kappa shape index (κ1) is 21.2. The second-order valence-corrected chi connectivity index (χ2v) is 9.49. The van der Waals surface area contributed by atoms with Gasteiger partial charge in [0.1, 0.15) is 17.6 Å². The van der Waals surface area contributed by atoms with Crippen LogP contribution >= 0.6 is 0 Å². The van der Waals surface area contributed by atoms with Gasteiger partial charge in [-0.15, -0.1) is 5.06 Å². The summed E-state index contributed by atoms with van der Waals surface area (Å²) in [5.41, 5.74) is 2.52. The molecular formula is C25H32N4O3. The summed E-state index contributed by atoms with van der Waals surface area (Å²) in [6.07, 6.45) is 11.7. The second kappa shape index (κ2) is 8.70. The lowest BCUT2D eigenvalue weighted by molar-refractivity contribution is -0.140. The van der Waals surface area contributed by atoms with E-state index in [1.165, 1.54) is 19.3 Å². The van der Waals surface area contributed by atoms with E-state index in [4.69, 9.17) is 9.83 Å². The number of aliphatic imine (C=N–C) groups is 1. The standard InChI is InChI=1S/C25H32N4O3/c1-18-17-21(29-13-9-22(29)30)8-7-19(18)10-16-32-28-14-11-25(12-15-28)24(31)26-23(27-25)20-5-3-2-4-6-20/h7-8,10,16-17,20H,2-6,9,11-15H2,1H3,(H,26,27,31)/b16-10+. The van der Waals surface area contributed by atoms with Crippen LogP contribution in [-0.2, 0) is 14.4 Å². The minimum Gasteiger partial charge on any atom is -0.414 e. The average molecular weight is 437 g/mol.